The molecule has 1 aliphatic carbocycles. The summed E-state index contributed by atoms with van der Waals surface area (Å²) in [6.07, 6.45) is 11.1. The molecule has 6 rings (SSSR count). The molecule has 190 valence electrons. The lowest BCUT2D eigenvalue weighted by Gasteiger charge is -2.33. The van der Waals surface area contributed by atoms with E-state index in [2.05, 4.69) is 90.5 Å². The lowest BCUT2D eigenvalue weighted by Crippen LogP contribution is -2.25. The highest BCUT2D eigenvalue weighted by molar-refractivity contribution is 7.18. The largest absolute Gasteiger partial charge is 0.255 e. The topological polar surface area (TPSA) is 25.8 Å². The third kappa shape index (κ3) is 4.39. The van der Waals surface area contributed by atoms with Gasteiger partial charge in [0.05, 0.1) is 11.4 Å². The number of rotatable bonds is 9. The van der Waals surface area contributed by atoms with Crippen LogP contribution < -0.4 is 0 Å². The minimum absolute atomic E-state index is 0.122. The van der Waals surface area contributed by atoms with Gasteiger partial charge in [0, 0.05) is 27.6 Å². The molecule has 3 heteroatoms. The van der Waals surface area contributed by atoms with Gasteiger partial charge in [0.25, 0.3) is 0 Å². The Labute approximate surface area is 230 Å². The van der Waals surface area contributed by atoms with Crippen LogP contribution in [0.3, 0.4) is 0 Å². The second-order valence-electron chi connectivity index (χ2n) is 10.4. The molecule has 3 heterocycles. The summed E-state index contributed by atoms with van der Waals surface area (Å²) in [4.78, 5) is 11.6. The summed E-state index contributed by atoms with van der Waals surface area (Å²) in [5.74, 6) is 0. The summed E-state index contributed by atoms with van der Waals surface area (Å²) >= 11 is 1.86. The molecule has 0 unspecified atom stereocenters. The molecule has 0 fully saturated rings. The summed E-state index contributed by atoms with van der Waals surface area (Å²) in [5, 5.41) is 0. The minimum Gasteiger partial charge on any atom is -0.255 e. The van der Waals surface area contributed by atoms with Gasteiger partial charge in [0.15, 0.2) is 0 Å². The Hall–Kier alpha value is -3.56. The van der Waals surface area contributed by atoms with Crippen molar-refractivity contribution in [2.24, 2.45) is 0 Å². The first-order chi connectivity index (χ1) is 18.7. The number of thiophene rings is 1. The summed E-state index contributed by atoms with van der Waals surface area (Å²) in [5.41, 5.74) is 10.4. The maximum Gasteiger partial charge on any atom is 0.0892 e. The van der Waals surface area contributed by atoms with Crippen LogP contribution in [0.1, 0.15) is 63.5 Å². The Morgan fingerprint density at radius 1 is 0.605 bits per heavy atom. The molecule has 2 nitrogen and oxygen atoms in total. The van der Waals surface area contributed by atoms with Crippen molar-refractivity contribution in [2.45, 2.75) is 57.8 Å². The van der Waals surface area contributed by atoms with Gasteiger partial charge in [0.2, 0.25) is 0 Å². The van der Waals surface area contributed by atoms with Crippen LogP contribution >= 0.6 is 11.3 Å². The molecular formula is C35H34N2S. The lowest BCUT2D eigenvalue weighted by atomic mass is 9.70. The van der Waals surface area contributed by atoms with Gasteiger partial charge in [0.1, 0.15) is 0 Å². The molecule has 3 aromatic heterocycles. The maximum atomic E-state index is 4.57. The first-order valence-electron chi connectivity index (χ1n) is 14.0. The molecule has 0 spiro atoms. The van der Waals surface area contributed by atoms with Crippen molar-refractivity contribution >= 4 is 11.3 Å². The van der Waals surface area contributed by atoms with E-state index in [9.17, 15) is 0 Å². The minimum atomic E-state index is 0.122. The molecule has 38 heavy (non-hydrogen) atoms. The second-order valence-corrected chi connectivity index (χ2v) is 11.5. The van der Waals surface area contributed by atoms with Crippen LogP contribution in [0.15, 0.2) is 97.3 Å². The monoisotopic (exact) mass is 514 g/mol. The fourth-order valence-electron chi connectivity index (χ4n) is 6.12. The first kappa shape index (κ1) is 24.8. The Morgan fingerprint density at radius 3 is 2.03 bits per heavy atom. The van der Waals surface area contributed by atoms with Crippen LogP contribution in [0.5, 0.6) is 0 Å². The SMILES string of the molecule is CCCCC1(CCCC)c2ccccc2-c2ccc(-c3ccc(-c4ccnc(-c5ccccn5)c4)s3)cc21. The van der Waals surface area contributed by atoms with Crippen molar-refractivity contribution in [1.82, 2.24) is 9.97 Å². The van der Waals surface area contributed by atoms with E-state index in [0.717, 1.165) is 11.4 Å². The van der Waals surface area contributed by atoms with E-state index in [1.54, 1.807) is 5.56 Å². The van der Waals surface area contributed by atoms with Crippen molar-refractivity contribution in [3.05, 3.63) is 108 Å². The average molecular weight is 515 g/mol. The first-order valence-corrected chi connectivity index (χ1v) is 14.8. The van der Waals surface area contributed by atoms with Gasteiger partial charge in [-0.05, 0) is 88.7 Å². The Balaban J connectivity index is 1.39. The van der Waals surface area contributed by atoms with E-state index in [4.69, 9.17) is 0 Å². The van der Waals surface area contributed by atoms with Crippen LogP contribution in [0.4, 0.5) is 0 Å². The quantitative estimate of drug-likeness (QED) is 0.195. The molecule has 0 radical (unpaired) electrons. The van der Waals surface area contributed by atoms with Gasteiger partial charge < -0.3 is 0 Å². The summed E-state index contributed by atoms with van der Waals surface area (Å²) in [6, 6.07) is 31.1. The predicted molar refractivity (Wildman–Crippen MR) is 161 cm³/mol. The molecule has 0 saturated heterocycles. The van der Waals surface area contributed by atoms with Crippen LogP contribution in [0, 0.1) is 0 Å². The normalized spacial score (nSPS) is 13.3. The number of pyridine rings is 2. The van der Waals surface area contributed by atoms with Crippen molar-refractivity contribution in [1.29, 1.82) is 0 Å². The highest BCUT2D eigenvalue weighted by atomic mass is 32.1. The summed E-state index contributed by atoms with van der Waals surface area (Å²) < 4.78 is 0. The third-order valence-electron chi connectivity index (χ3n) is 8.04. The highest BCUT2D eigenvalue weighted by Crippen LogP contribution is 2.55. The van der Waals surface area contributed by atoms with Crippen LogP contribution in [-0.4, -0.2) is 9.97 Å². The van der Waals surface area contributed by atoms with Crippen molar-refractivity contribution < 1.29 is 0 Å². The number of unbranched alkanes of at least 4 members (excludes halogenated alkanes) is 2. The molecule has 0 amide bonds. The summed E-state index contributed by atoms with van der Waals surface area (Å²) in [6.45, 7) is 4.63. The third-order valence-corrected chi connectivity index (χ3v) is 9.23. The zero-order valence-electron chi connectivity index (χ0n) is 22.3. The second kappa shape index (κ2) is 10.7. The number of hydrogen-bond acceptors (Lipinski definition) is 3. The number of nitrogens with zero attached hydrogens (tertiary/aromatic N) is 2. The van der Waals surface area contributed by atoms with Gasteiger partial charge in [-0.15, -0.1) is 11.3 Å². The number of benzene rings is 2. The average Bonchev–Trinajstić information content (AvgIpc) is 3.58. The zero-order chi connectivity index (χ0) is 26.0. The van der Waals surface area contributed by atoms with E-state index in [-0.39, 0.29) is 5.41 Å². The fraction of sp³-hybridized carbons (Fsp3) is 0.257. The Morgan fingerprint density at radius 2 is 1.29 bits per heavy atom. The molecule has 2 aromatic carbocycles. The fourth-order valence-corrected chi connectivity index (χ4v) is 7.11. The number of aromatic nitrogens is 2. The van der Waals surface area contributed by atoms with E-state index >= 15 is 0 Å². The highest BCUT2D eigenvalue weighted by Gasteiger charge is 2.42. The van der Waals surface area contributed by atoms with Crippen molar-refractivity contribution in [3.63, 3.8) is 0 Å². The van der Waals surface area contributed by atoms with Gasteiger partial charge >= 0.3 is 0 Å². The molecule has 0 N–H and O–H groups in total. The molecule has 0 bridgehead atoms. The maximum absolute atomic E-state index is 4.57. The smallest absolute Gasteiger partial charge is 0.0892 e. The van der Waals surface area contributed by atoms with Gasteiger partial charge in [-0.3, -0.25) is 9.97 Å². The van der Waals surface area contributed by atoms with Crippen LogP contribution in [0.25, 0.3) is 43.4 Å². The van der Waals surface area contributed by atoms with Gasteiger partial charge in [-0.25, -0.2) is 0 Å². The zero-order valence-corrected chi connectivity index (χ0v) is 23.1. The standard InChI is InChI=1S/C35H34N2S/c1-3-5-19-35(20-6-4-2)29-12-8-7-11-27(29)28-15-14-25(23-30(28)35)33-16-17-34(38-33)26-18-22-37-32(24-26)31-13-9-10-21-36-31/h7-18,21-24H,3-6,19-20H2,1-2H3. The van der Waals surface area contributed by atoms with Crippen molar-refractivity contribution in [2.75, 3.05) is 0 Å². The molecular weight excluding hydrogens is 480 g/mol. The molecule has 0 atom stereocenters. The van der Waals surface area contributed by atoms with E-state index in [1.807, 2.05) is 41.9 Å². The van der Waals surface area contributed by atoms with Gasteiger partial charge in [-0.2, -0.15) is 0 Å². The van der Waals surface area contributed by atoms with Crippen molar-refractivity contribution in [3.8, 4) is 43.4 Å². The molecule has 0 saturated carbocycles. The van der Waals surface area contributed by atoms with E-state index in [1.165, 1.54) is 76.1 Å². The Kier molecular flexibility index (Phi) is 6.95. The predicted octanol–water partition coefficient (Wildman–Crippen LogP) is 10.2. The van der Waals surface area contributed by atoms with Crippen LogP contribution in [0.2, 0.25) is 0 Å². The number of hydrogen-bond donors (Lipinski definition) is 0. The van der Waals surface area contributed by atoms with Crippen LogP contribution in [-0.2, 0) is 5.41 Å². The number of fused-ring (bicyclic) bond motifs is 3. The molecule has 5 aromatic rings. The Bertz CT molecular complexity index is 1540. The van der Waals surface area contributed by atoms with Gasteiger partial charge in [-0.1, -0.05) is 82.0 Å². The molecule has 0 aliphatic heterocycles. The van der Waals surface area contributed by atoms with E-state index < -0.39 is 0 Å². The molecule has 1 aliphatic rings. The lowest BCUT2D eigenvalue weighted by molar-refractivity contribution is 0.414. The van der Waals surface area contributed by atoms with E-state index in [0.29, 0.717) is 0 Å². The summed E-state index contributed by atoms with van der Waals surface area (Å²) in [7, 11) is 0.